The molecule has 0 saturated carbocycles. The first-order chi connectivity index (χ1) is 9.25. The van der Waals surface area contributed by atoms with Gasteiger partial charge in [-0.05, 0) is 23.8 Å². The first kappa shape index (κ1) is 15.4. The summed E-state index contributed by atoms with van der Waals surface area (Å²) in [7, 11) is 0. The average molecular weight is 314 g/mol. The number of rotatable bonds is 3. The highest BCUT2D eigenvalue weighted by molar-refractivity contribution is 7.09. The van der Waals surface area contributed by atoms with Gasteiger partial charge in [0.2, 0.25) is 0 Å². The number of hydrogen-bond acceptors (Lipinski definition) is 3. The Kier molecular flexibility index (Phi) is 4.47. The van der Waals surface area contributed by atoms with Gasteiger partial charge in [0.1, 0.15) is 5.82 Å². The molecule has 0 aliphatic heterocycles. The largest absolute Gasteiger partial charge is 0.388 e. The lowest BCUT2D eigenvalue weighted by Crippen LogP contribution is -2.12. The third-order valence-electron chi connectivity index (χ3n) is 2.96. The Balaban J connectivity index is 2.15. The van der Waals surface area contributed by atoms with Crippen molar-refractivity contribution in [3.05, 3.63) is 50.7 Å². The fourth-order valence-corrected chi connectivity index (χ4v) is 3.09. The van der Waals surface area contributed by atoms with Crippen LogP contribution >= 0.6 is 22.9 Å². The van der Waals surface area contributed by atoms with Gasteiger partial charge >= 0.3 is 0 Å². The third kappa shape index (κ3) is 3.78. The van der Waals surface area contributed by atoms with E-state index in [1.807, 2.05) is 5.38 Å². The lowest BCUT2D eigenvalue weighted by molar-refractivity contribution is 0.178. The molecule has 1 heterocycles. The summed E-state index contributed by atoms with van der Waals surface area (Å²) in [4.78, 5) is 4.52. The van der Waals surface area contributed by atoms with Crippen molar-refractivity contribution in [2.75, 3.05) is 0 Å². The summed E-state index contributed by atoms with van der Waals surface area (Å²) >= 11 is 7.31. The predicted molar refractivity (Wildman–Crippen MR) is 80.9 cm³/mol. The van der Waals surface area contributed by atoms with Crippen LogP contribution < -0.4 is 0 Å². The van der Waals surface area contributed by atoms with Gasteiger partial charge in [-0.25, -0.2) is 9.37 Å². The Hall–Kier alpha value is -0.970. The monoisotopic (exact) mass is 313 g/mol. The van der Waals surface area contributed by atoms with Crippen molar-refractivity contribution in [3.8, 4) is 0 Å². The molecule has 1 aromatic carbocycles. The van der Waals surface area contributed by atoms with Crippen LogP contribution in [0.25, 0.3) is 0 Å². The van der Waals surface area contributed by atoms with E-state index in [0.29, 0.717) is 12.0 Å². The van der Waals surface area contributed by atoms with Gasteiger partial charge in [-0.3, -0.25) is 0 Å². The summed E-state index contributed by atoms with van der Waals surface area (Å²) in [6.07, 6.45) is -0.442. The molecule has 5 heteroatoms. The standard InChI is InChI=1S/C15H17ClFNOS/c1-15(2,3)13-8-20-14(18-13)7-12(19)9-4-10(16)6-11(17)5-9/h4-6,8,12,19H,7H2,1-3H3. The van der Waals surface area contributed by atoms with E-state index < -0.39 is 11.9 Å². The molecule has 0 bridgehead atoms. The van der Waals surface area contributed by atoms with E-state index in [-0.39, 0.29) is 10.4 Å². The lowest BCUT2D eigenvalue weighted by Gasteiger charge is -2.14. The van der Waals surface area contributed by atoms with E-state index in [1.165, 1.54) is 23.5 Å². The Morgan fingerprint density at radius 1 is 1.35 bits per heavy atom. The number of benzene rings is 1. The molecule has 0 amide bonds. The van der Waals surface area contributed by atoms with Crippen LogP contribution in [0.3, 0.4) is 0 Å². The zero-order chi connectivity index (χ0) is 14.9. The van der Waals surface area contributed by atoms with Crippen molar-refractivity contribution >= 4 is 22.9 Å². The van der Waals surface area contributed by atoms with Crippen molar-refractivity contribution in [2.45, 2.75) is 38.7 Å². The minimum Gasteiger partial charge on any atom is -0.388 e. The Morgan fingerprint density at radius 2 is 2.05 bits per heavy atom. The summed E-state index contributed by atoms with van der Waals surface area (Å²) in [5, 5.41) is 13.3. The van der Waals surface area contributed by atoms with Gasteiger partial charge in [0.15, 0.2) is 0 Å². The Morgan fingerprint density at radius 3 is 2.60 bits per heavy atom. The molecule has 1 aromatic heterocycles. The first-order valence-corrected chi connectivity index (χ1v) is 7.60. The van der Waals surface area contributed by atoms with Gasteiger partial charge in [-0.2, -0.15) is 0 Å². The van der Waals surface area contributed by atoms with Gasteiger partial charge in [0.05, 0.1) is 16.8 Å². The van der Waals surface area contributed by atoms with Crippen molar-refractivity contribution in [2.24, 2.45) is 0 Å². The smallest absolute Gasteiger partial charge is 0.125 e. The predicted octanol–water partition coefficient (Wildman–Crippen LogP) is 4.51. The van der Waals surface area contributed by atoms with Gasteiger partial charge in [-0.1, -0.05) is 32.4 Å². The zero-order valence-corrected chi connectivity index (χ0v) is 13.2. The molecular weight excluding hydrogens is 297 g/mol. The molecule has 0 spiro atoms. The van der Waals surface area contributed by atoms with Crippen LogP contribution in [0.2, 0.25) is 5.02 Å². The maximum atomic E-state index is 13.3. The van der Waals surface area contributed by atoms with Crippen LogP contribution in [0, 0.1) is 5.82 Å². The first-order valence-electron chi connectivity index (χ1n) is 6.34. The number of aliphatic hydroxyl groups excluding tert-OH is 1. The minimum absolute atomic E-state index is 0.0120. The molecule has 0 aliphatic rings. The molecule has 2 nitrogen and oxygen atoms in total. The maximum Gasteiger partial charge on any atom is 0.125 e. The van der Waals surface area contributed by atoms with Crippen LogP contribution in [-0.4, -0.2) is 10.1 Å². The molecule has 0 fully saturated rings. The summed E-state index contributed by atoms with van der Waals surface area (Å²) in [6, 6.07) is 4.10. The summed E-state index contributed by atoms with van der Waals surface area (Å²) in [5.41, 5.74) is 1.46. The van der Waals surface area contributed by atoms with Crippen LogP contribution in [0.1, 0.15) is 43.1 Å². The van der Waals surface area contributed by atoms with Gasteiger partial charge < -0.3 is 5.11 Å². The highest BCUT2D eigenvalue weighted by Crippen LogP contribution is 2.27. The van der Waals surface area contributed by atoms with Crippen molar-refractivity contribution in [3.63, 3.8) is 0 Å². The van der Waals surface area contributed by atoms with E-state index in [9.17, 15) is 9.50 Å². The van der Waals surface area contributed by atoms with E-state index in [1.54, 1.807) is 6.07 Å². The highest BCUT2D eigenvalue weighted by Gasteiger charge is 2.19. The number of thiazole rings is 1. The second kappa shape index (κ2) is 5.80. The number of aliphatic hydroxyl groups is 1. The number of nitrogens with zero attached hydrogens (tertiary/aromatic N) is 1. The van der Waals surface area contributed by atoms with Gasteiger partial charge in [0, 0.05) is 22.2 Å². The van der Waals surface area contributed by atoms with Crippen LogP contribution in [-0.2, 0) is 11.8 Å². The van der Waals surface area contributed by atoms with E-state index >= 15 is 0 Å². The summed E-state index contributed by atoms with van der Waals surface area (Å²) in [5.74, 6) is -0.443. The number of hydrogen-bond donors (Lipinski definition) is 1. The number of aromatic nitrogens is 1. The fraction of sp³-hybridized carbons (Fsp3) is 0.400. The van der Waals surface area contributed by atoms with Crippen molar-refractivity contribution < 1.29 is 9.50 Å². The second-order valence-corrected chi connectivity index (χ2v) is 7.18. The van der Waals surface area contributed by atoms with Crippen molar-refractivity contribution in [1.29, 1.82) is 0 Å². The molecule has 1 unspecified atom stereocenters. The topological polar surface area (TPSA) is 33.1 Å². The molecule has 0 radical (unpaired) electrons. The molecule has 1 N–H and O–H groups in total. The van der Waals surface area contributed by atoms with Crippen LogP contribution in [0.15, 0.2) is 23.6 Å². The van der Waals surface area contributed by atoms with Crippen LogP contribution in [0.4, 0.5) is 4.39 Å². The molecule has 0 aliphatic carbocycles. The molecular formula is C15H17ClFNOS. The van der Waals surface area contributed by atoms with E-state index in [4.69, 9.17) is 11.6 Å². The van der Waals surface area contributed by atoms with Gasteiger partial charge in [-0.15, -0.1) is 11.3 Å². The zero-order valence-electron chi connectivity index (χ0n) is 11.7. The van der Waals surface area contributed by atoms with E-state index in [2.05, 4.69) is 25.8 Å². The quantitative estimate of drug-likeness (QED) is 0.904. The van der Waals surface area contributed by atoms with Gasteiger partial charge in [0.25, 0.3) is 0 Å². The molecule has 2 rings (SSSR count). The van der Waals surface area contributed by atoms with E-state index in [0.717, 1.165) is 10.7 Å². The lowest BCUT2D eigenvalue weighted by atomic mass is 9.93. The van der Waals surface area contributed by atoms with Crippen molar-refractivity contribution in [1.82, 2.24) is 4.98 Å². The SMILES string of the molecule is CC(C)(C)c1csc(CC(O)c2cc(F)cc(Cl)c2)n1. The molecule has 2 aromatic rings. The Labute approximate surface area is 127 Å². The summed E-state index contributed by atoms with van der Waals surface area (Å²) in [6.45, 7) is 6.28. The second-order valence-electron chi connectivity index (χ2n) is 5.80. The maximum absolute atomic E-state index is 13.3. The highest BCUT2D eigenvalue weighted by atomic mass is 35.5. The molecule has 0 saturated heterocycles. The molecule has 108 valence electrons. The summed E-state index contributed by atoms with van der Waals surface area (Å²) < 4.78 is 13.3. The Bertz CT molecular complexity index is 586. The molecule has 20 heavy (non-hydrogen) atoms. The minimum atomic E-state index is -0.804. The van der Waals surface area contributed by atoms with Crippen LogP contribution in [0.5, 0.6) is 0 Å². The fourth-order valence-electron chi connectivity index (χ4n) is 1.80. The third-order valence-corrected chi connectivity index (χ3v) is 4.05. The number of halogens is 2. The molecule has 1 atom stereocenters. The normalized spacial score (nSPS) is 13.5. The average Bonchev–Trinajstić information content (AvgIpc) is 2.75.